The highest BCUT2D eigenvalue weighted by molar-refractivity contribution is 6.74. The van der Waals surface area contributed by atoms with Crippen LogP contribution in [0.2, 0.25) is 23.2 Å². The summed E-state index contributed by atoms with van der Waals surface area (Å²) < 4.78 is 17.0. The van der Waals surface area contributed by atoms with Crippen molar-refractivity contribution in [3.8, 4) is 11.5 Å². The quantitative estimate of drug-likeness (QED) is 0.284. The minimum atomic E-state index is -1.92. The van der Waals surface area contributed by atoms with Gasteiger partial charge in [-0.25, -0.2) is 9.78 Å². The van der Waals surface area contributed by atoms with Gasteiger partial charge in [0.25, 0.3) is 0 Å². The predicted octanol–water partition coefficient (Wildman–Crippen LogP) is 5.17. The highest BCUT2D eigenvalue weighted by Crippen LogP contribution is 2.37. The summed E-state index contributed by atoms with van der Waals surface area (Å²) >= 11 is 6.52. The first-order valence-corrected chi connectivity index (χ1v) is 14.1. The Morgan fingerprint density at radius 1 is 1.36 bits per heavy atom. The summed E-state index contributed by atoms with van der Waals surface area (Å²) in [6.45, 7) is 16.0. The lowest BCUT2D eigenvalue weighted by Gasteiger charge is -2.35. The third-order valence-electron chi connectivity index (χ3n) is 6.00. The van der Waals surface area contributed by atoms with Crippen LogP contribution in [-0.4, -0.2) is 49.2 Å². The van der Waals surface area contributed by atoms with Crippen LogP contribution >= 0.6 is 11.6 Å². The van der Waals surface area contributed by atoms with Crippen LogP contribution in [0.25, 0.3) is 11.5 Å². The van der Waals surface area contributed by atoms with E-state index in [4.69, 9.17) is 25.2 Å². The Kier molecular flexibility index (Phi) is 7.76. The number of ether oxygens (including phenoxy) is 1. The molecule has 0 fully saturated rings. The van der Waals surface area contributed by atoms with Crippen molar-refractivity contribution in [2.24, 2.45) is 0 Å². The highest BCUT2D eigenvalue weighted by Gasteiger charge is 2.37. The van der Waals surface area contributed by atoms with Crippen LogP contribution in [0.15, 0.2) is 41.0 Å². The maximum Gasteiger partial charge on any atom is 0.334 e. The maximum absolute atomic E-state index is 12.0. The van der Waals surface area contributed by atoms with Gasteiger partial charge in [0, 0.05) is 24.9 Å². The molecular weight excluding hydrogens is 460 g/mol. The van der Waals surface area contributed by atoms with Gasteiger partial charge in [0.1, 0.15) is 19.0 Å². The number of rotatable bonds is 8. The molecule has 10 heteroatoms. The highest BCUT2D eigenvalue weighted by atomic mass is 35.5. The Labute approximate surface area is 200 Å². The molecule has 1 aliphatic rings. The van der Waals surface area contributed by atoms with E-state index >= 15 is 0 Å². The molecule has 0 aromatic carbocycles. The summed E-state index contributed by atoms with van der Waals surface area (Å²) in [6.07, 6.45) is 5.60. The van der Waals surface area contributed by atoms with Crippen LogP contribution in [0.4, 0.5) is 5.82 Å². The summed E-state index contributed by atoms with van der Waals surface area (Å²) in [7, 11) is -1.92. The van der Waals surface area contributed by atoms with Crippen LogP contribution < -0.4 is 4.90 Å². The van der Waals surface area contributed by atoms with E-state index in [1.165, 1.54) is 0 Å². The van der Waals surface area contributed by atoms with Crippen LogP contribution in [0, 0.1) is 0 Å². The largest absolute Gasteiger partial charge is 0.458 e. The number of hydrogen-bond acceptors (Lipinski definition) is 8. The third kappa shape index (κ3) is 6.10. The SMILES string of the molecule is C=CCOC(=O)C1=CCN(c2ncc(-c3nnc(CO[Si](C)(C)C(C)(C)C)o3)cc2Cl)CC1. The number of hydrogen-bond donors (Lipinski definition) is 0. The molecule has 178 valence electrons. The van der Waals surface area contributed by atoms with E-state index in [9.17, 15) is 4.79 Å². The molecule has 8 nitrogen and oxygen atoms in total. The molecule has 1 aliphatic heterocycles. The minimum Gasteiger partial charge on any atom is -0.458 e. The number of carbonyl (C=O) groups is 1. The van der Waals surface area contributed by atoms with E-state index < -0.39 is 8.32 Å². The smallest absolute Gasteiger partial charge is 0.334 e. The van der Waals surface area contributed by atoms with Crippen LogP contribution in [-0.2, 0) is 20.6 Å². The van der Waals surface area contributed by atoms with Crippen LogP contribution in [0.1, 0.15) is 33.1 Å². The molecule has 0 spiro atoms. The standard InChI is InChI=1S/C23H31ClN4O4Si/c1-7-12-30-22(29)16-8-10-28(11-9-16)20-18(24)13-17(14-25-20)21-27-26-19(32-21)15-31-33(5,6)23(2,3)4/h7-8,13-14H,1,9-12,15H2,2-6H3. The summed E-state index contributed by atoms with van der Waals surface area (Å²) in [5, 5.41) is 8.80. The number of esters is 1. The van der Waals surface area contributed by atoms with Gasteiger partial charge in [-0.1, -0.05) is 51.1 Å². The lowest BCUT2D eigenvalue weighted by atomic mass is 10.1. The molecule has 2 aromatic rings. The first kappa shape index (κ1) is 25.1. The number of aromatic nitrogens is 3. The minimum absolute atomic E-state index is 0.0967. The topological polar surface area (TPSA) is 90.6 Å². The Balaban J connectivity index is 1.65. The first-order valence-electron chi connectivity index (χ1n) is 10.9. The van der Waals surface area contributed by atoms with Crippen molar-refractivity contribution in [1.82, 2.24) is 15.2 Å². The molecule has 0 N–H and O–H groups in total. The third-order valence-corrected chi connectivity index (χ3v) is 10.8. The van der Waals surface area contributed by atoms with E-state index in [-0.39, 0.29) is 24.2 Å². The van der Waals surface area contributed by atoms with E-state index in [1.54, 1.807) is 18.3 Å². The molecule has 0 radical (unpaired) electrons. The van der Waals surface area contributed by atoms with Crippen LogP contribution in [0.5, 0.6) is 0 Å². The summed E-state index contributed by atoms with van der Waals surface area (Å²) in [5.41, 5.74) is 1.29. The second-order valence-corrected chi connectivity index (χ2v) is 14.6. The molecule has 0 saturated carbocycles. The van der Waals surface area contributed by atoms with Gasteiger partial charge in [-0.05, 0) is 30.6 Å². The molecule has 2 aromatic heterocycles. The van der Waals surface area contributed by atoms with Gasteiger partial charge < -0.3 is 18.5 Å². The molecule has 0 aliphatic carbocycles. The van der Waals surface area contributed by atoms with E-state index in [0.29, 0.717) is 53.3 Å². The monoisotopic (exact) mass is 490 g/mol. The lowest BCUT2D eigenvalue weighted by molar-refractivity contribution is -0.138. The van der Waals surface area contributed by atoms with Crippen molar-refractivity contribution in [1.29, 1.82) is 0 Å². The fraction of sp³-hybridized carbons (Fsp3) is 0.478. The number of carbonyl (C=O) groups excluding carboxylic acids is 1. The Morgan fingerprint density at radius 3 is 2.73 bits per heavy atom. The molecule has 3 heterocycles. The fourth-order valence-corrected chi connectivity index (χ4v) is 4.15. The molecule has 0 bridgehead atoms. The van der Waals surface area contributed by atoms with Crippen LogP contribution in [0.3, 0.4) is 0 Å². The van der Waals surface area contributed by atoms with Gasteiger partial charge in [-0.15, -0.1) is 10.2 Å². The number of pyridine rings is 1. The van der Waals surface area contributed by atoms with Crippen molar-refractivity contribution in [3.63, 3.8) is 0 Å². The Bertz CT molecular complexity index is 1050. The zero-order valence-corrected chi connectivity index (χ0v) is 21.6. The van der Waals surface area contributed by atoms with Gasteiger partial charge in [0.15, 0.2) is 8.32 Å². The van der Waals surface area contributed by atoms with Gasteiger partial charge in [0.2, 0.25) is 11.8 Å². The molecule has 0 amide bonds. The summed E-state index contributed by atoms with van der Waals surface area (Å²) in [6, 6.07) is 1.76. The van der Waals surface area contributed by atoms with E-state index in [2.05, 4.69) is 55.6 Å². The molecule has 0 saturated heterocycles. The van der Waals surface area contributed by atoms with Gasteiger partial charge >= 0.3 is 5.97 Å². The number of nitrogens with zero attached hydrogens (tertiary/aromatic N) is 4. The van der Waals surface area contributed by atoms with Gasteiger partial charge in [-0.3, -0.25) is 0 Å². The van der Waals surface area contributed by atoms with Crippen molar-refractivity contribution in [3.05, 3.63) is 47.5 Å². The first-order chi connectivity index (χ1) is 15.5. The van der Waals surface area contributed by atoms with Gasteiger partial charge in [-0.2, -0.15) is 0 Å². The average Bonchev–Trinajstić information content (AvgIpc) is 3.24. The lowest BCUT2D eigenvalue weighted by Crippen LogP contribution is -2.40. The van der Waals surface area contributed by atoms with Crippen molar-refractivity contribution in [2.45, 2.75) is 51.9 Å². The molecular formula is C23H31ClN4O4Si. The second-order valence-electron chi connectivity index (χ2n) is 9.39. The van der Waals surface area contributed by atoms with Crippen molar-refractivity contribution in [2.75, 3.05) is 24.6 Å². The Morgan fingerprint density at radius 2 is 2.12 bits per heavy atom. The normalized spacial score (nSPS) is 14.7. The fourth-order valence-electron chi connectivity index (χ4n) is 2.94. The predicted molar refractivity (Wildman–Crippen MR) is 131 cm³/mol. The maximum atomic E-state index is 12.0. The number of anilines is 1. The van der Waals surface area contributed by atoms with E-state index in [1.807, 2.05) is 11.0 Å². The average molecular weight is 491 g/mol. The molecule has 33 heavy (non-hydrogen) atoms. The zero-order chi connectivity index (χ0) is 24.2. The molecule has 3 rings (SSSR count). The Hall–Kier alpha value is -2.49. The van der Waals surface area contributed by atoms with Gasteiger partial charge in [0.05, 0.1) is 10.6 Å². The number of halogens is 1. The summed E-state index contributed by atoms with van der Waals surface area (Å²) in [5.74, 6) is 1.09. The van der Waals surface area contributed by atoms with Crippen molar-refractivity contribution >= 4 is 31.7 Å². The summed E-state index contributed by atoms with van der Waals surface area (Å²) in [4.78, 5) is 18.5. The zero-order valence-electron chi connectivity index (χ0n) is 19.9. The molecule has 0 unspecified atom stereocenters. The van der Waals surface area contributed by atoms with Crippen molar-refractivity contribution < 1.29 is 18.4 Å². The molecule has 0 atom stereocenters. The van der Waals surface area contributed by atoms with E-state index in [0.717, 1.165) is 0 Å². The second kappa shape index (κ2) is 10.2.